The lowest BCUT2D eigenvalue weighted by Gasteiger charge is -2.19. The molecule has 3 rings (SSSR count). The maximum Gasteiger partial charge on any atom is 0.242 e. The molecule has 2 aromatic heterocycles. The minimum absolute atomic E-state index is 0.00871. The van der Waals surface area contributed by atoms with Gasteiger partial charge in [-0.2, -0.15) is 0 Å². The van der Waals surface area contributed by atoms with Crippen LogP contribution in [0.4, 0.5) is 10.1 Å². The molecular weight excluding hydrogens is 397 g/mol. The van der Waals surface area contributed by atoms with Crippen molar-refractivity contribution in [2.75, 3.05) is 32.1 Å². The normalized spacial score (nSPS) is 11.0. The average Bonchev–Trinajstić information content (AvgIpc) is 3.06. The van der Waals surface area contributed by atoms with Crippen molar-refractivity contribution < 1.29 is 13.9 Å². The molecule has 0 fully saturated rings. The average molecular weight is 428 g/mol. The van der Waals surface area contributed by atoms with Gasteiger partial charge in [-0.05, 0) is 49.9 Å². The van der Waals surface area contributed by atoms with Crippen molar-refractivity contribution in [3.8, 4) is 5.88 Å². The minimum atomic E-state index is -0.240. The number of nitrogens with zero attached hydrogens (tertiary/aromatic N) is 4. The summed E-state index contributed by atoms with van der Waals surface area (Å²) in [5.74, 6) is 0.299. The summed E-state index contributed by atoms with van der Waals surface area (Å²) < 4.78 is 20.9. The molecular formula is C23H30FN5O2. The number of pyridine rings is 1. The number of ether oxygens (including phenoxy) is 1. The van der Waals surface area contributed by atoms with Crippen molar-refractivity contribution in [1.82, 2.24) is 20.1 Å². The molecule has 0 aliphatic carbocycles. The van der Waals surface area contributed by atoms with Gasteiger partial charge in [-0.3, -0.25) is 4.79 Å². The van der Waals surface area contributed by atoms with E-state index >= 15 is 0 Å². The largest absolute Gasteiger partial charge is 0.479 e. The van der Waals surface area contributed by atoms with Crippen molar-refractivity contribution in [1.29, 1.82) is 0 Å². The fraction of sp³-hybridized carbons (Fsp3) is 0.435. The van der Waals surface area contributed by atoms with Gasteiger partial charge in [0.15, 0.2) is 5.65 Å². The Bertz CT molecular complexity index is 1080. The number of rotatable bonds is 9. The Hall–Kier alpha value is -3.16. The van der Waals surface area contributed by atoms with Gasteiger partial charge in [0.1, 0.15) is 5.82 Å². The number of methoxy groups -OCH3 is 1. The number of anilines is 1. The number of para-hydroxylation sites is 1. The number of aryl methyl sites for hydroxylation is 3. The lowest BCUT2D eigenvalue weighted by molar-refractivity contribution is -0.121. The maximum absolute atomic E-state index is 13.8. The number of hydrogen-bond acceptors (Lipinski definition) is 5. The van der Waals surface area contributed by atoms with E-state index in [1.165, 1.54) is 6.07 Å². The molecule has 7 nitrogen and oxygen atoms in total. The Balaban J connectivity index is 1.53. The van der Waals surface area contributed by atoms with Crippen molar-refractivity contribution in [2.24, 2.45) is 7.05 Å². The Kier molecular flexibility index (Phi) is 7.09. The Labute approximate surface area is 182 Å². The van der Waals surface area contributed by atoms with E-state index in [4.69, 9.17) is 4.74 Å². The molecule has 0 saturated carbocycles. The van der Waals surface area contributed by atoms with Crippen LogP contribution in [0.1, 0.15) is 29.7 Å². The monoisotopic (exact) mass is 427 g/mol. The van der Waals surface area contributed by atoms with Crippen LogP contribution >= 0.6 is 0 Å². The van der Waals surface area contributed by atoms with Crippen LogP contribution in [0, 0.1) is 19.7 Å². The first-order valence-corrected chi connectivity index (χ1v) is 10.4. The molecule has 0 bridgehead atoms. The quantitative estimate of drug-likeness (QED) is 0.531. The summed E-state index contributed by atoms with van der Waals surface area (Å²) in [6, 6.07) is 6.69. The summed E-state index contributed by atoms with van der Waals surface area (Å²) in [5, 5.41) is 8.21. The van der Waals surface area contributed by atoms with Crippen LogP contribution < -0.4 is 15.0 Å². The first-order chi connectivity index (χ1) is 14.8. The fourth-order valence-electron chi connectivity index (χ4n) is 3.86. The second kappa shape index (κ2) is 9.76. The molecule has 0 atom stereocenters. The lowest BCUT2D eigenvalue weighted by Crippen LogP contribution is -2.28. The number of benzene rings is 1. The van der Waals surface area contributed by atoms with E-state index in [1.54, 1.807) is 23.9 Å². The molecule has 8 heteroatoms. The molecule has 1 N–H and O–H groups in total. The summed E-state index contributed by atoms with van der Waals surface area (Å²) in [6.07, 6.45) is 1.70. The van der Waals surface area contributed by atoms with Crippen LogP contribution in [0.2, 0.25) is 0 Å². The van der Waals surface area contributed by atoms with E-state index in [0.29, 0.717) is 37.5 Å². The third-order valence-electron chi connectivity index (χ3n) is 5.57. The first-order valence-electron chi connectivity index (χ1n) is 10.4. The molecule has 0 radical (unpaired) electrons. The van der Waals surface area contributed by atoms with Crippen LogP contribution in [0.5, 0.6) is 5.88 Å². The number of aromatic nitrogens is 3. The number of hydrogen-bond donors (Lipinski definition) is 1. The van der Waals surface area contributed by atoms with E-state index in [0.717, 1.165) is 34.3 Å². The molecule has 1 amide bonds. The van der Waals surface area contributed by atoms with Gasteiger partial charge in [-0.25, -0.2) is 14.1 Å². The number of carbonyl (C=O) groups is 1. The summed E-state index contributed by atoms with van der Waals surface area (Å²) >= 11 is 0. The SMILES string of the molecule is COc1nn(C)c2nc(C)c(CCC(=O)NCCCN(C)c3ccccc3F)c(C)c12. The molecule has 1 aromatic carbocycles. The van der Waals surface area contributed by atoms with Gasteiger partial charge in [0.2, 0.25) is 11.8 Å². The summed E-state index contributed by atoms with van der Waals surface area (Å²) in [4.78, 5) is 18.9. The summed E-state index contributed by atoms with van der Waals surface area (Å²) in [6.45, 7) is 5.18. The van der Waals surface area contributed by atoms with Gasteiger partial charge >= 0.3 is 0 Å². The van der Waals surface area contributed by atoms with Gasteiger partial charge in [0.25, 0.3) is 0 Å². The zero-order valence-electron chi connectivity index (χ0n) is 18.8. The second-order valence-electron chi connectivity index (χ2n) is 7.71. The van der Waals surface area contributed by atoms with Crippen LogP contribution in [-0.4, -0.2) is 47.9 Å². The van der Waals surface area contributed by atoms with Crippen LogP contribution in [0.25, 0.3) is 11.0 Å². The number of carbonyl (C=O) groups excluding carboxylic acids is 1. The number of amides is 1. The molecule has 0 saturated heterocycles. The van der Waals surface area contributed by atoms with E-state index in [9.17, 15) is 9.18 Å². The molecule has 166 valence electrons. The van der Waals surface area contributed by atoms with Gasteiger partial charge in [0.05, 0.1) is 18.2 Å². The van der Waals surface area contributed by atoms with Crippen LogP contribution in [-0.2, 0) is 18.3 Å². The lowest BCUT2D eigenvalue weighted by atomic mass is 10.00. The highest BCUT2D eigenvalue weighted by Crippen LogP contribution is 2.30. The Morgan fingerprint density at radius 2 is 2.03 bits per heavy atom. The van der Waals surface area contributed by atoms with E-state index < -0.39 is 0 Å². The zero-order chi connectivity index (χ0) is 22.5. The predicted octanol–water partition coefficient (Wildman–Crippen LogP) is 3.31. The predicted molar refractivity (Wildman–Crippen MR) is 120 cm³/mol. The Morgan fingerprint density at radius 3 is 2.74 bits per heavy atom. The molecule has 2 heterocycles. The van der Waals surface area contributed by atoms with Crippen molar-refractivity contribution in [3.05, 3.63) is 46.9 Å². The third-order valence-corrected chi connectivity index (χ3v) is 5.57. The highest BCUT2D eigenvalue weighted by molar-refractivity contribution is 5.86. The van der Waals surface area contributed by atoms with Crippen LogP contribution in [0.15, 0.2) is 24.3 Å². The van der Waals surface area contributed by atoms with Gasteiger partial charge in [-0.15, -0.1) is 5.10 Å². The molecule has 0 unspecified atom stereocenters. The van der Waals surface area contributed by atoms with E-state index in [2.05, 4.69) is 15.4 Å². The van der Waals surface area contributed by atoms with E-state index in [1.807, 2.05) is 38.9 Å². The number of halogens is 1. The summed E-state index contributed by atoms with van der Waals surface area (Å²) in [7, 11) is 5.28. The highest BCUT2D eigenvalue weighted by atomic mass is 19.1. The fourth-order valence-corrected chi connectivity index (χ4v) is 3.86. The van der Waals surface area contributed by atoms with E-state index in [-0.39, 0.29) is 11.7 Å². The number of fused-ring (bicyclic) bond motifs is 1. The smallest absolute Gasteiger partial charge is 0.242 e. The van der Waals surface area contributed by atoms with Gasteiger partial charge < -0.3 is 15.0 Å². The maximum atomic E-state index is 13.8. The topological polar surface area (TPSA) is 72.3 Å². The second-order valence-corrected chi connectivity index (χ2v) is 7.71. The first kappa shape index (κ1) is 22.5. The van der Waals surface area contributed by atoms with Crippen molar-refractivity contribution in [3.63, 3.8) is 0 Å². The molecule has 0 aliphatic rings. The van der Waals surface area contributed by atoms with Crippen LogP contribution in [0.3, 0.4) is 0 Å². The van der Waals surface area contributed by atoms with Gasteiger partial charge in [0, 0.05) is 39.3 Å². The third kappa shape index (κ3) is 4.95. The Morgan fingerprint density at radius 1 is 1.29 bits per heavy atom. The molecule has 0 spiro atoms. The van der Waals surface area contributed by atoms with Crippen molar-refractivity contribution >= 4 is 22.6 Å². The molecule has 3 aromatic rings. The number of nitrogens with one attached hydrogen (secondary N) is 1. The zero-order valence-corrected chi connectivity index (χ0v) is 18.8. The minimum Gasteiger partial charge on any atom is -0.479 e. The van der Waals surface area contributed by atoms with Crippen molar-refractivity contribution in [2.45, 2.75) is 33.1 Å². The van der Waals surface area contributed by atoms with Gasteiger partial charge in [-0.1, -0.05) is 12.1 Å². The molecule has 31 heavy (non-hydrogen) atoms. The highest BCUT2D eigenvalue weighted by Gasteiger charge is 2.18. The molecule has 0 aliphatic heterocycles. The summed E-state index contributed by atoms with van der Waals surface area (Å²) in [5.41, 5.74) is 4.34. The standard InChI is InChI=1S/C23H30FN5O2/c1-15-17(16(2)26-22-21(15)23(31-5)27-29(22)4)11-12-20(30)25-13-8-14-28(3)19-10-7-6-9-18(19)24/h6-7,9-10H,8,11-14H2,1-5H3,(H,25,30).